The van der Waals surface area contributed by atoms with Crippen molar-refractivity contribution < 1.29 is 24.5 Å². The van der Waals surface area contributed by atoms with Crippen LogP contribution in [0.1, 0.15) is 132 Å². The number of aliphatic carboxylic acids is 1. The van der Waals surface area contributed by atoms with Gasteiger partial charge in [0.25, 0.3) is 0 Å². The van der Waals surface area contributed by atoms with E-state index in [2.05, 4.69) is 48.5 Å². The van der Waals surface area contributed by atoms with Crippen LogP contribution in [0.3, 0.4) is 0 Å². The van der Waals surface area contributed by atoms with Gasteiger partial charge in [-0.1, -0.05) is 59.6 Å². The van der Waals surface area contributed by atoms with E-state index in [-0.39, 0.29) is 52.0 Å². The van der Waals surface area contributed by atoms with E-state index in [0.717, 1.165) is 25.7 Å². The molecule has 0 aromatic rings. The molecule has 39 heavy (non-hydrogen) atoms. The van der Waals surface area contributed by atoms with Crippen molar-refractivity contribution in [1.82, 2.24) is 0 Å². The topological polar surface area (TPSA) is 83.8 Å². The Labute approximate surface area is 236 Å². The first kappa shape index (κ1) is 29.1. The van der Waals surface area contributed by atoms with Crippen LogP contribution in [0.5, 0.6) is 0 Å². The second kappa shape index (κ2) is 9.33. The number of fused-ring (bicyclic) bond motifs is 6. The number of carbonyl (C=O) groups is 2. The minimum Gasteiger partial charge on any atom is -0.481 e. The molecule has 0 radical (unpaired) electrons. The minimum absolute atomic E-state index is 0.0363. The minimum atomic E-state index is -0.956. The molecule has 0 saturated heterocycles. The lowest BCUT2D eigenvalue weighted by atomic mass is 9.35. The van der Waals surface area contributed by atoms with Gasteiger partial charge in [-0.25, -0.2) is 0 Å². The number of hydrogen-bond acceptors (Lipinski definition) is 4. The highest BCUT2D eigenvalue weighted by molar-refractivity contribution is 5.76. The first-order chi connectivity index (χ1) is 18.0. The van der Waals surface area contributed by atoms with Gasteiger partial charge in [0.1, 0.15) is 0 Å². The molecule has 5 aliphatic carbocycles. The van der Waals surface area contributed by atoms with Gasteiger partial charge in [-0.05, 0) is 110 Å². The van der Waals surface area contributed by atoms with Crippen molar-refractivity contribution in [2.45, 2.75) is 138 Å². The van der Waals surface area contributed by atoms with Crippen LogP contribution in [0.25, 0.3) is 0 Å². The van der Waals surface area contributed by atoms with Gasteiger partial charge in [0.15, 0.2) is 0 Å². The molecular formula is C34H54O5. The number of carboxylic acids is 1. The number of hydrogen-bond donors (Lipinski definition) is 2. The molecule has 0 unspecified atom stereocenters. The van der Waals surface area contributed by atoms with E-state index in [0.29, 0.717) is 23.9 Å². The molecule has 220 valence electrons. The Morgan fingerprint density at radius 2 is 1.51 bits per heavy atom. The van der Waals surface area contributed by atoms with Crippen molar-refractivity contribution in [2.75, 3.05) is 6.61 Å². The van der Waals surface area contributed by atoms with Gasteiger partial charge in [0, 0.05) is 5.41 Å². The third-order valence-electron chi connectivity index (χ3n) is 13.9. The maximum absolute atomic E-state index is 12.3. The number of allylic oxidation sites excluding steroid dienone is 2. The fourth-order valence-electron chi connectivity index (χ4n) is 11.0. The molecule has 5 nitrogen and oxygen atoms in total. The predicted molar refractivity (Wildman–Crippen MR) is 153 cm³/mol. The molecule has 2 N–H and O–H groups in total. The molecular weight excluding hydrogens is 488 g/mol. The largest absolute Gasteiger partial charge is 0.481 e. The summed E-state index contributed by atoms with van der Waals surface area (Å²) in [6.45, 7) is 17.6. The molecule has 0 spiro atoms. The van der Waals surface area contributed by atoms with E-state index < -0.39 is 5.97 Å². The van der Waals surface area contributed by atoms with Crippen LogP contribution >= 0.6 is 0 Å². The number of carboxylic acid groups (broad SMARTS) is 1. The summed E-state index contributed by atoms with van der Waals surface area (Å²) in [6.07, 6.45) is 12.2. The Bertz CT molecular complexity index is 1060. The van der Waals surface area contributed by atoms with Gasteiger partial charge in [0.05, 0.1) is 25.6 Å². The Balaban J connectivity index is 1.43. The van der Waals surface area contributed by atoms with Crippen LogP contribution < -0.4 is 0 Å². The Kier molecular flexibility index (Phi) is 6.97. The second-order valence-electron chi connectivity index (χ2n) is 16.4. The van der Waals surface area contributed by atoms with Crippen LogP contribution in [-0.2, 0) is 14.3 Å². The van der Waals surface area contributed by atoms with Crippen LogP contribution in [0.15, 0.2) is 11.1 Å². The number of aliphatic hydroxyl groups is 1. The Morgan fingerprint density at radius 1 is 0.821 bits per heavy atom. The molecule has 0 amide bonds. The molecule has 3 fully saturated rings. The third kappa shape index (κ3) is 4.34. The van der Waals surface area contributed by atoms with Gasteiger partial charge in [-0.15, -0.1) is 0 Å². The molecule has 5 heteroatoms. The molecule has 0 bridgehead atoms. The lowest BCUT2D eigenvalue weighted by Gasteiger charge is -2.69. The van der Waals surface area contributed by atoms with Crippen molar-refractivity contribution in [3.8, 4) is 0 Å². The number of aliphatic hydroxyl groups excluding tert-OH is 1. The molecule has 0 aliphatic heterocycles. The van der Waals surface area contributed by atoms with Crippen LogP contribution in [0.2, 0.25) is 0 Å². The maximum atomic E-state index is 12.3. The van der Waals surface area contributed by atoms with Gasteiger partial charge >= 0.3 is 11.9 Å². The molecule has 0 aromatic heterocycles. The smallest absolute Gasteiger partial charge is 0.306 e. The summed E-state index contributed by atoms with van der Waals surface area (Å²) in [5.41, 5.74) is 4.35. The van der Waals surface area contributed by atoms with Crippen molar-refractivity contribution in [1.29, 1.82) is 0 Å². The molecule has 3 saturated carbocycles. The summed E-state index contributed by atoms with van der Waals surface area (Å²) < 4.78 is 5.70. The second-order valence-corrected chi connectivity index (χ2v) is 16.4. The van der Waals surface area contributed by atoms with E-state index in [1.54, 1.807) is 11.1 Å². The van der Waals surface area contributed by atoms with Crippen LogP contribution in [0, 0.1) is 44.3 Å². The average molecular weight is 543 g/mol. The molecule has 5 aliphatic rings. The number of ether oxygens (including phenoxy) is 1. The number of esters is 1. The van der Waals surface area contributed by atoms with Crippen LogP contribution in [-0.4, -0.2) is 34.9 Å². The summed E-state index contributed by atoms with van der Waals surface area (Å²) in [6, 6.07) is 0. The molecule has 5 rings (SSSR count). The van der Waals surface area contributed by atoms with Gasteiger partial charge in [-0.2, -0.15) is 0 Å². The molecule has 8 atom stereocenters. The highest BCUT2D eigenvalue weighted by Crippen LogP contribution is 2.75. The lowest BCUT2D eigenvalue weighted by Crippen LogP contribution is -2.61. The first-order valence-electron chi connectivity index (χ1n) is 15.8. The lowest BCUT2D eigenvalue weighted by molar-refractivity contribution is -0.170. The van der Waals surface area contributed by atoms with Crippen molar-refractivity contribution in [3.63, 3.8) is 0 Å². The van der Waals surface area contributed by atoms with Gasteiger partial charge in [-0.3, -0.25) is 9.59 Å². The predicted octanol–water partition coefficient (Wildman–Crippen LogP) is 7.70. The van der Waals surface area contributed by atoms with E-state index in [1.807, 2.05) is 0 Å². The normalized spacial score (nSPS) is 46.8. The maximum Gasteiger partial charge on any atom is 0.306 e. The SMILES string of the molecule is CC1(C)[C@@H](O)CC[C@]2(C)C3=C(CC[C@@H]12)[C@@]1(C)CC[C@@]2(C)CC[C@@](C)(COC(=O)CCC(=O)O)C[C@H]2[C@]1(C)CC3. The Morgan fingerprint density at radius 3 is 2.21 bits per heavy atom. The summed E-state index contributed by atoms with van der Waals surface area (Å²) in [7, 11) is 0. The quantitative estimate of drug-likeness (QED) is 0.275. The molecule has 0 heterocycles. The fraction of sp³-hybridized carbons (Fsp3) is 0.882. The summed E-state index contributed by atoms with van der Waals surface area (Å²) in [5, 5.41) is 19.9. The van der Waals surface area contributed by atoms with Crippen molar-refractivity contribution >= 4 is 11.9 Å². The first-order valence-corrected chi connectivity index (χ1v) is 15.8. The zero-order valence-electron chi connectivity index (χ0n) is 25.8. The van der Waals surface area contributed by atoms with Crippen molar-refractivity contribution in [3.05, 3.63) is 11.1 Å². The van der Waals surface area contributed by atoms with Gasteiger partial charge < -0.3 is 14.9 Å². The van der Waals surface area contributed by atoms with E-state index in [9.17, 15) is 14.7 Å². The average Bonchev–Trinajstić information content (AvgIpc) is 2.86. The summed E-state index contributed by atoms with van der Waals surface area (Å²) in [4.78, 5) is 23.2. The van der Waals surface area contributed by atoms with E-state index in [1.165, 1.54) is 44.9 Å². The molecule has 0 aromatic carbocycles. The summed E-state index contributed by atoms with van der Waals surface area (Å²) >= 11 is 0. The Hall–Kier alpha value is -1.36. The zero-order chi connectivity index (χ0) is 28.6. The fourth-order valence-corrected chi connectivity index (χ4v) is 11.0. The van der Waals surface area contributed by atoms with Crippen LogP contribution in [0.4, 0.5) is 0 Å². The van der Waals surface area contributed by atoms with Gasteiger partial charge in [0.2, 0.25) is 0 Å². The van der Waals surface area contributed by atoms with E-state index >= 15 is 0 Å². The zero-order valence-corrected chi connectivity index (χ0v) is 25.8. The summed E-state index contributed by atoms with van der Waals surface area (Å²) in [5.74, 6) is -0.222. The third-order valence-corrected chi connectivity index (χ3v) is 13.9. The van der Waals surface area contributed by atoms with E-state index in [4.69, 9.17) is 9.84 Å². The highest BCUT2D eigenvalue weighted by atomic mass is 16.5. The highest BCUT2D eigenvalue weighted by Gasteiger charge is 2.66. The number of carbonyl (C=O) groups excluding carboxylic acids is 1. The number of rotatable bonds is 5. The van der Waals surface area contributed by atoms with Crippen molar-refractivity contribution in [2.24, 2.45) is 44.3 Å². The monoisotopic (exact) mass is 542 g/mol. The standard InChI is InChI=1S/C34H54O5/c1-29(2)24-9-8-23-22(32(24,5)14-13-26(29)35)12-15-34(7)25-20-30(3,21-39-28(38)11-10-27(36)37)16-17-31(25,4)18-19-33(23,34)6/h24-26,35H,8-21H2,1-7H3,(H,36,37)/t24-,25+,26-,30+,31+,32+,33+,34-/m0/s1.